The van der Waals surface area contributed by atoms with Gasteiger partial charge in [-0.3, -0.25) is 4.79 Å². The van der Waals surface area contributed by atoms with Crippen molar-refractivity contribution in [3.05, 3.63) is 0 Å². The van der Waals surface area contributed by atoms with Crippen molar-refractivity contribution in [3.63, 3.8) is 0 Å². The Kier molecular flexibility index (Phi) is 3.17. The van der Waals surface area contributed by atoms with Gasteiger partial charge in [0.25, 0.3) is 0 Å². The molecule has 1 N–H and O–H groups in total. The summed E-state index contributed by atoms with van der Waals surface area (Å²) in [5.74, 6) is 5.71. The van der Waals surface area contributed by atoms with Gasteiger partial charge in [0.15, 0.2) is 0 Å². The van der Waals surface area contributed by atoms with E-state index in [1.165, 1.54) is 38.5 Å². The van der Waals surface area contributed by atoms with Crippen molar-refractivity contribution in [1.82, 2.24) is 5.32 Å². The topological polar surface area (TPSA) is 29.1 Å². The maximum absolute atomic E-state index is 12.4. The van der Waals surface area contributed by atoms with Crippen molar-refractivity contribution in [3.8, 4) is 0 Å². The molecule has 0 heterocycles. The summed E-state index contributed by atoms with van der Waals surface area (Å²) in [6.45, 7) is 0.931. The molecule has 4 aliphatic carbocycles. The lowest BCUT2D eigenvalue weighted by molar-refractivity contribution is -0.123. The number of carbonyl (C=O) groups is 1. The first-order valence-corrected chi connectivity index (χ1v) is 9.25. The molecule has 1 amide bonds. The molecule has 19 heavy (non-hydrogen) atoms. The fraction of sp³-hybridized carbons (Fsp3) is 0.938. The predicted octanol–water partition coefficient (Wildman–Crippen LogP) is 3.21. The molecule has 0 aromatic heterocycles. The Morgan fingerprint density at radius 2 is 1.74 bits per heavy atom. The number of nitrogens with one attached hydrogen (secondary N) is 1. The average molecular weight is 326 g/mol. The molecule has 0 aromatic rings. The first-order valence-electron chi connectivity index (χ1n) is 8.13. The Bertz CT molecular complexity index is 369. The summed E-state index contributed by atoms with van der Waals surface area (Å²) in [5, 5.41) is 4.39. The molecule has 0 saturated heterocycles. The molecular weight excluding hydrogens is 302 g/mol. The minimum atomic E-state index is 0.395. The minimum absolute atomic E-state index is 0.395. The molecule has 2 bridgehead atoms. The maximum atomic E-state index is 12.4. The Balaban J connectivity index is 1.29. The van der Waals surface area contributed by atoms with Crippen LogP contribution in [0.1, 0.15) is 38.5 Å². The first-order chi connectivity index (χ1) is 9.29. The van der Waals surface area contributed by atoms with Crippen LogP contribution >= 0.6 is 15.9 Å². The smallest absolute Gasteiger partial charge is 0.223 e. The van der Waals surface area contributed by atoms with Gasteiger partial charge in [-0.15, -0.1) is 0 Å². The van der Waals surface area contributed by atoms with E-state index in [1.54, 1.807) is 0 Å². The van der Waals surface area contributed by atoms with Crippen molar-refractivity contribution in [1.29, 1.82) is 0 Å². The highest BCUT2D eigenvalue weighted by molar-refractivity contribution is 9.09. The van der Waals surface area contributed by atoms with Gasteiger partial charge in [0.2, 0.25) is 5.91 Å². The number of halogens is 1. The van der Waals surface area contributed by atoms with Gasteiger partial charge in [0, 0.05) is 17.8 Å². The summed E-state index contributed by atoms with van der Waals surface area (Å²) in [4.78, 5) is 12.4. The van der Waals surface area contributed by atoms with Crippen LogP contribution in [0, 0.1) is 41.4 Å². The fourth-order valence-corrected chi connectivity index (χ4v) is 6.46. The van der Waals surface area contributed by atoms with Crippen LogP contribution in [0.2, 0.25) is 0 Å². The zero-order chi connectivity index (χ0) is 13.0. The van der Waals surface area contributed by atoms with Crippen LogP contribution < -0.4 is 5.32 Å². The molecule has 6 atom stereocenters. The molecule has 106 valence electrons. The summed E-state index contributed by atoms with van der Waals surface area (Å²) in [6, 6.07) is 0. The maximum Gasteiger partial charge on any atom is 0.223 e. The van der Waals surface area contributed by atoms with Crippen LogP contribution in [0.15, 0.2) is 0 Å². The molecule has 0 spiro atoms. The van der Waals surface area contributed by atoms with Crippen molar-refractivity contribution >= 4 is 21.8 Å². The molecule has 4 saturated carbocycles. The Labute approximate surface area is 124 Å². The quantitative estimate of drug-likeness (QED) is 0.790. The molecule has 3 heteroatoms. The van der Waals surface area contributed by atoms with Gasteiger partial charge in [0.05, 0.1) is 0 Å². The summed E-state index contributed by atoms with van der Waals surface area (Å²) in [5.41, 5.74) is 0. The molecule has 0 aliphatic heterocycles. The second-order valence-electron chi connectivity index (χ2n) is 7.36. The number of carbonyl (C=O) groups excluding carboxylic acids is 1. The Hall–Kier alpha value is -0.0500. The molecule has 4 fully saturated rings. The Morgan fingerprint density at radius 1 is 1.05 bits per heavy atom. The van der Waals surface area contributed by atoms with Gasteiger partial charge in [-0.1, -0.05) is 22.4 Å². The Morgan fingerprint density at radius 3 is 2.42 bits per heavy atom. The van der Waals surface area contributed by atoms with E-state index in [2.05, 4.69) is 21.2 Å². The largest absolute Gasteiger partial charge is 0.356 e. The van der Waals surface area contributed by atoms with Crippen molar-refractivity contribution in [2.45, 2.75) is 38.5 Å². The molecule has 4 aliphatic rings. The van der Waals surface area contributed by atoms with Gasteiger partial charge in [0.1, 0.15) is 0 Å². The second-order valence-corrected chi connectivity index (χ2v) is 8.01. The number of rotatable bonds is 4. The SMILES string of the molecule is O=C(NCC1CCCC1CBr)C1C2C3CCC(C3)C12. The van der Waals surface area contributed by atoms with Crippen LogP contribution in [0.3, 0.4) is 0 Å². The first kappa shape index (κ1) is 12.7. The van der Waals surface area contributed by atoms with Gasteiger partial charge in [-0.05, 0) is 67.6 Å². The highest BCUT2D eigenvalue weighted by atomic mass is 79.9. The van der Waals surface area contributed by atoms with Crippen LogP contribution in [-0.4, -0.2) is 17.8 Å². The van der Waals surface area contributed by atoms with Gasteiger partial charge < -0.3 is 5.32 Å². The number of fused-ring (bicyclic) bond motifs is 5. The molecule has 6 unspecified atom stereocenters. The molecule has 0 aromatic carbocycles. The zero-order valence-electron chi connectivity index (χ0n) is 11.5. The van der Waals surface area contributed by atoms with E-state index in [-0.39, 0.29) is 0 Å². The summed E-state index contributed by atoms with van der Waals surface area (Å²) in [6.07, 6.45) is 8.24. The molecule has 4 rings (SSSR count). The van der Waals surface area contributed by atoms with Crippen molar-refractivity contribution in [2.24, 2.45) is 41.4 Å². The average Bonchev–Trinajstić information content (AvgIpc) is 2.82. The van der Waals surface area contributed by atoms with Gasteiger partial charge >= 0.3 is 0 Å². The van der Waals surface area contributed by atoms with Crippen LogP contribution in [0.4, 0.5) is 0 Å². The number of hydrogen-bond donors (Lipinski definition) is 1. The standard InChI is InChI=1S/C16H24BrNO/c17-7-11-2-1-3-12(11)8-18-16(19)15-13-9-4-5-10(6-9)14(13)15/h9-15H,1-8H2,(H,18,19). The number of hydrogen-bond acceptors (Lipinski definition) is 1. The highest BCUT2D eigenvalue weighted by Crippen LogP contribution is 2.69. The summed E-state index contributed by atoms with van der Waals surface area (Å²) < 4.78 is 0. The van der Waals surface area contributed by atoms with E-state index in [1.807, 2.05) is 0 Å². The van der Waals surface area contributed by atoms with Crippen LogP contribution in [0.25, 0.3) is 0 Å². The van der Waals surface area contributed by atoms with Crippen molar-refractivity contribution in [2.75, 3.05) is 11.9 Å². The van der Waals surface area contributed by atoms with E-state index >= 15 is 0 Å². The third kappa shape index (κ3) is 1.99. The zero-order valence-corrected chi connectivity index (χ0v) is 13.1. The van der Waals surface area contributed by atoms with Gasteiger partial charge in [-0.25, -0.2) is 0 Å². The molecular formula is C16H24BrNO. The van der Waals surface area contributed by atoms with E-state index in [4.69, 9.17) is 0 Å². The fourth-order valence-electron chi connectivity index (χ4n) is 5.61. The number of amides is 1. The molecule has 0 radical (unpaired) electrons. The van der Waals surface area contributed by atoms with Gasteiger partial charge in [-0.2, -0.15) is 0 Å². The lowest BCUT2D eigenvalue weighted by Gasteiger charge is -2.18. The third-order valence-corrected chi connectivity index (χ3v) is 7.42. The van der Waals surface area contributed by atoms with Crippen molar-refractivity contribution < 1.29 is 4.79 Å². The van der Waals surface area contributed by atoms with E-state index in [0.29, 0.717) is 11.8 Å². The minimum Gasteiger partial charge on any atom is -0.356 e. The second kappa shape index (κ2) is 4.75. The van der Waals surface area contributed by atoms with Crippen LogP contribution in [0.5, 0.6) is 0 Å². The predicted molar refractivity (Wildman–Crippen MR) is 78.9 cm³/mol. The highest BCUT2D eigenvalue weighted by Gasteiger charge is 2.67. The monoisotopic (exact) mass is 325 g/mol. The summed E-state index contributed by atoms with van der Waals surface area (Å²) >= 11 is 3.62. The lowest BCUT2D eigenvalue weighted by atomic mass is 9.97. The summed E-state index contributed by atoms with van der Waals surface area (Å²) in [7, 11) is 0. The van der Waals surface area contributed by atoms with Crippen LogP contribution in [-0.2, 0) is 4.79 Å². The normalized spacial score (nSPS) is 50.3. The third-order valence-electron chi connectivity index (χ3n) is 6.59. The molecule has 2 nitrogen and oxygen atoms in total. The van der Waals surface area contributed by atoms with E-state index in [0.717, 1.165) is 47.4 Å². The van der Waals surface area contributed by atoms with E-state index < -0.39 is 0 Å². The van der Waals surface area contributed by atoms with E-state index in [9.17, 15) is 4.79 Å². The lowest BCUT2D eigenvalue weighted by Crippen LogP contribution is -2.33. The number of alkyl halides is 1.